The van der Waals surface area contributed by atoms with Crippen LogP contribution in [-0.4, -0.2) is 17.2 Å². The summed E-state index contributed by atoms with van der Waals surface area (Å²) in [7, 11) is 0. The average molecular weight is 256 g/mol. The SMILES string of the molecule is CCC(N)(N)CC(=O)OC(C)(C)C.c1ccoc1. The molecule has 0 amide bonds. The van der Waals surface area contributed by atoms with Crippen molar-refractivity contribution in [3.8, 4) is 0 Å². The van der Waals surface area contributed by atoms with E-state index in [4.69, 9.17) is 16.2 Å². The van der Waals surface area contributed by atoms with Crippen molar-refractivity contribution in [3.05, 3.63) is 24.7 Å². The number of ether oxygens (including phenoxy) is 1. The fraction of sp³-hybridized carbons (Fsp3) is 0.615. The van der Waals surface area contributed by atoms with Crippen molar-refractivity contribution in [2.24, 2.45) is 11.5 Å². The number of hydrogen-bond acceptors (Lipinski definition) is 5. The fourth-order valence-corrected chi connectivity index (χ4v) is 0.998. The van der Waals surface area contributed by atoms with E-state index in [1.807, 2.05) is 39.8 Å². The van der Waals surface area contributed by atoms with Crippen LogP contribution in [0.25, 0.3) is 0 Å². The van der Waals surface area contributed by atoms with Crippen LogP contribution in [0.2, 0.25) is 0 Å². The molecule has 0 aliphatic carbocycles. The summed E-state index contributed by atoms with van der Waals surface area (Å²) in [4.78, 5) is 11.3. The summed E-state index contributed by atoms with van der Waals surface area (Å²) in [5.74, 6) is -0.348. The first kappa shape index (κ1) is 16.7. The van der Waals surface area contributed by atoms with Crippen LogP contribution in [0.5, 0.6) is 0 Å². The summed E-state index contributed by atoms with van der Waals surface area (Å²) in [5, 5.41) is 0. The molecular weight excluding hydrogens is 232 g/mol. The van der Waals surface area contributed by atoms with Gasteiger partial charge in [0.2, 0.25) is 0 Å². The molecular formula is C13H24N2O3. The highest BCUT2D eigenvalue weighted by molar-refractivity contribution is 5.71. The van der Waals surface area contributed by atoms with E-state index in [0.717, 1.165) is 0 Å². The molecule has 1 aromatic heterocycles. The van der Waals surface area contributed by atoms with Crippen molar-refractivity contribution in [1.82, 2.24) is 0 Å². The van der Waals surface area contributed by atoms with Gasteiger partial charge in [0.25, 0.3) is 0 Å². The zero-order valence-electron chi connectivity index (χ0n) is 11.6. The molecule has 5 nitrogen and oxygen atoms in total. The normalized spacial score (nSPS) is 11.4. The van der Waals surface area contributed by atoms with Gasteiger partial charge in [0.1, 0.15) is 5.60 Å². The van der Waals surface area contributed by atoms with Crippen molar-refractivity contribution >= 4 is 5.97 Å². The van der Waals surface area contributed by atoms with Crippen molar-refractivity contribution < 1.29 is 13.9 Å². The number of carbonyl (C=O) groups excluding carboxylic acids is 1. The van der Waals surface area contributed by atoms with Gasteiger partial charge < -0.3 is 20.6 Å². The third-order valence-corrected chi connectivity index (χ3v) is 1.98. The second-order valence-corrected chi connectivity index (χ2v) is 5.14. The molecule has 0 unspecified atom stereocenters. The Kier molecular flexibility index (Phi) is 6.65. The van der Waals surface area contributed by atoms with Crippen LogP contribution in [0.1, 0.15) is 40.5 Å². The van der Waals surface area contributed by atoms with E-state index >= 15 is 0 Å². The van der Waals surface area contributed by atoms with E-state index in [-0.39, 0.29) is 12.4 Å². The lowest BCUT2D eigenvalue weighted by atomic mass is 10.1. The Morgan fingerprint density at radius 2 is 1.72 bits per heavy atom. The van der Waals surface area contributed by atoms with Gasteiger partial charge in [0.15, 0.2) is 0 Å². The number of carbonyl (C=O) groups is 1. The number of esters is 1. The molecule has 0 spiro atoms. The van der Waals surface area contributed by atoms with Crippen LogP contribution in [-0.2, 0) is 9.53 Å². The summed E-state index contributed by atoms with van der Waals surface area (Å²) < 4.78 is 9.66. The summed E-state index contributed by atoms with van der Waals surface area (Å²) in [5.41, 5.74) is 9.81. The fourth-order valence-electron chi connectivity index (χ4n) is 0.998. The van der Waals surface area contributed by atoms with Gasteiger partial charge in [-0.05, 0) is 39.3 Å². The van der Waals surface area contributed by atoms with E-state index < -0.39 is 11.3 Å². The molecule has 18 heavy (non-hydrogen) atoms. The minimum atomic E-state index is -0.942. The second kappa shape index (κ2) is 7.18. The molecule has 1 aromatic rings. The van der Waals surface area contributed by atoms with Gasteiger partial charge >= 0.3 is 5.97 Å². The van der Waals surface area contributed by atoms with Gasteiger partial charge in [-0.3, -0.25) is 4.79 Å². The van der Waals surface area contributed by atoms with Crippen LogP contribution in [0.15, 0.2) is 29.1 Å². The molecule has 0 saturated heterocycles. The largest absolute Gasteiger partial charge is 0.473 e. The molecule has 0 bridgehead atoms. The van der Waals surface area contributed by atoms with Crippen LogP contribution in [0.3, 0.4) is 0 Å². The maximum atomic E-state index is 11.3. The predicted molar refractivity (Wildman–Crippen MR) is 70.6 cm³/mol. The van der Waals surface area contributed by atoms with Gasteiger partial charge in [0, 0.05) is 0 Å². The van der Waals surface area contributed by atoms with E-state index in [0.29, 0.717) is 6.42 Å². The summed E-state index contributed by atoms with van der Waals surface area (Å²) in [6, 6.07) is 3.67. The number of rotatable bonds is 3. The first-order chi connectivity index (χ1) is 8.16. The summed E-state index contributed by atoms with van der Waals surface area (Å²) in [6.45, 7) is 7.27. The lowest BCUT2D eigenvalue weighted by Gasteiger charge is -2.25. The number of hydrogen-bond donors (Lipinski definition) is 2. The quantitative estimate of drug-likeness (QED) is 0.637. The smallest absolute Gasteiger partial charge is 0.309 e. The average Bonchev–Trinajstić information content (AvgIpc) is 2.71. The molecule has 1 heterocycles. The lowest BCUT2D eigenvalue weighted by molar-refractivity contribution is -0.156. The Labute approximate surface area is 108 Å². The molecule has 5 heteroatoms. The highest BCUT2D eigenvalue weighted by Gasteiger charge is 2.24. The molecule has 0 radical (unpaired) electrons. The van der Waals surface area contributed by atoms with Crippen molar-refractivity contribution in [1.29, 1.82) is 0 Å². The summed E-state index contributed by atoms with van der Waals surface area (Å²) >= 11 is 0. The molecule has 0 aliphatic rings. The predicted octanol–water partition coefficient (Wildman–Crippen LogP) is 2.02. The van der Waals surface area contributed by atoms with Gasteiger partial charge in [-0.1, -0.05) is 6.92 Å². The Bertz CT molecular complexity index is 309. The number of nitrogens with two attached hydrogens (primary N) is 2. The lowest BCUT2D eigenvalue weighted by Crippen LogP contribution is -2.51. The molecule has 4 N–H and O–H groups in total. The maximum Gasteiger partial charge on any atom is 0.309 e. The standard InChI is InChI=1S/C9H20N2O2.C4H4O/c1-5-9(10,11)6-7(12)13-8(2,3)4;1-2-4-5-3-1/h5-6,10-11H2,1-4H3;1-4H. The number of furan rings is 1. The van der Waals surface area contributed by atoms with Gasteiger partial charge in [0.05, 0.1) is 24.6 Å². The van der Waals surface area contributed by atoms with E-state index in [9.17, 15) is 4.79 Å². The Morgan fingerprint density at radius 1 is 1.22 bits per heavy atom. The minimum Gasteiger partial charge on any atom is -0.473 e. The molecule has 1 rings (SSSR count). The Morgan fingerprint density at radius 3 is 2.00 bits per heavy atom. The topological polar surface area (TPSA) is 91.5 Å². The van der Waals surface area contributed by atoms with Crippen LogP contribution >= 0.6 is 0 Å². The monoisotopic (exact) mass is 256 g/mol. The molecule has 0 aromatic carbocycles. The van der Waals surface area contributed by atoms with Gasteiger partial charge in [-0.25, -0.2) is 0 Å². The molecule has 0 saturated carbocycles. The highest BCUT2D eigenvalue weighted by Crippen LogP contribution is 2.12. The molecule has 0 fully saturated rings. The van der Waals surface area contributed by atoms with Crippen molar-refractivity contribution in [2.45, 2.75) is 51.8 Å². The van der Waals surface area contributed by atoms with Gasteiger partial charge in [-0.2, -0.15) is 0 Å². The van der Waals surface area contributed by atoms with Crippen molar-refractivity contribution in [2.75, 3.05) is 0 Å². The second-order valence-electron chi connectivity index (χ2n) is 5.14. The first-order valence-corrected chi connectivity index (χ1v) is 5.93. The Hall–Kier alpha value is -1.33. The van der Waals surface area contributed by atoms with E-state index in [1.54, 1.807) is 12.5 Å². The van der Waals surface area contributed by atoms with Crippen LogP contribution in [0, 0.1) is 0 Å². The highest BCUT2D eigenvalue weighted by atomic mass is 16.6. The third kappa shape index (κ3) is 9.86. The molecule has 104 valence electrons. The maximum absolute atomic E-state index is 11.3. The summed E-state index contributed by atoms with van der Waals surface area (Å²) in [6.07, 6.45) is 3.85. The van der Waals surface area contributed by atoms with E-state index in [2.05, 4.69) is 4.42 Å². The molecule has 0 atom stereocenters. The Balaban J connectivity index is 0.000000473. The molecule has 0 aliphatic heterocycles. The minimum absolute atomic E-state index is 0.0563. The van der Waals surface area contributed by atoms with Crippen LogP contribution in [0.4, 0.5) is 0 Å². The third-order valence-electron chi connectivity index (χ3n) is 1.98. The van der Waals surface area contributed by atoms with Crippen LogP contribution < -0.4 is 11.5 Å². The zero-order valence-corrected chi connectivity index (χ0v) is 11.6. The zero-order chi connectivity index (χ0) is 14.2. The van der Waals surface area contributed by atoms with E-state index in [1.165, 1.54) is 0 Å². The first-order valence-electron chi connectivity index (χ1n) is 5.93. The van der Waals surface area contributed by atoms with Gasteiger partial charge in [-0.15, -0.1) is 0 Å². The van der Waals surface area contributed by atoms with Crippen molar-refractivity contribution in [3.63, 3.8) is 0 Å².